The molecule has 5 aliphatic rings. The number of aromatic nitrogens is 5. The highest BCUT2D eigenvalue weighted by Gasteiger charge is 2.51. The lowest BCUT2D eigenvalue weighted by Gasteiger charge is -2.56. The van der Waals surface area contributed by atoms with E-state index in [9.17, 15) is 9.90 Å². The van der Waals surface area contributed by atoms with Gasteiger partial charge in [0.15, 0.2) is 16.8 Å². The van der Waals surface area contributed by atoms with Crippen molar-refractivity contribution in [2.45, 2.75) is 64.8 Å². The third-order valence-corrected chi connectivity index (χ3v) is 12.1. The molecular weight excluding hydrogens is 595 g/mol. The van der Waals surface area contributed by atoms with E-state index in [1.54, 1.807) is 11.3 Å². The maximum Gasteiger partial charge on any atom is 0.336 e. The van der Waals surface area contributed by atoms with E-state index in [-0.39, 0.29) is 0 Å². The Morgan fingerprint density at radius 3 is 2.50 bits per heavy atom. The van der Waals surface area contributed by atoms with Gasteiger partial charge in [0.05, 0.1) is 22.0 Å². The molecule has 4 saturated carbocycles. The monoisotopic (exact) mass is 631 g/mol. The van der Waals surface area contributed by atoms with Crippen LogP contribution in [-0.4, -0.2) is 42.6 Å². The summed E-state index contributed by atoms with van der Waals surface area (Å²) < 4.78 is 3.29. The normalized spacial score (nSPS) is 24.8. The van der Waals surface area contributed by atoms with Crippen molar-refractivity contribution in [1.29, 1.82) is 0 Å². The summed E-state index contributed by atoms with van der Waals surface area (Å²) in [5, 5.41) is 28.5. The molecule has 46 heavy (non-hydrogen) atoms. The summed E-state index contributed by atoms with van der Waals surface area (Å²) in [6.45, 7) is 3.80. The predicted molar refractivity (Wildman–Crippen MR) is 180 cm³/mol. The molecule has 0 radical (unpaired) electrons. The first-order valence-electron chi connectivity index (χ1n) is 16.6. The van der Waals surface area contributed by atoms with Gasteiger partial charge >= 0.3 is 5.97 Å². The summed E-state index contributed by atoms with van der Waals surface area (Å²) in [4.78, 5) is 19.6. The highest BCUT2D eigenvalue weighted by molar-refractivity contribution is 7.22. The number of aromatic carboxylic acids is 1. The third-order valence-electron chi connectivity index (χ3n) is 11.1. The van der Waals surface area contributed by atoms with Crippen LogP contribution >= 0.6 is 11.3 Å². The van der Waals surface area contributed by atoms with Crippen LogP contribution in [0.15, 0.2) is 54.7 Å². The summed E-state index contributed by atoms with van der Waals surface area (Å²) in [5.74, 6) is 3.07. The Kier molecular flexibility index (Phi) is 6.45. The van der Waals surface area contributed by atoms with Gasteiger partial charge in [0.25, 0.3) is 0 Å². The van der Waals surface area contributed by atoms with Gasteiger partial charge in [0.2, 0.25) is 0 Å². The molecule has 5 aromatic rings. The van der Waals surface area contributed by atoms with Crippen LogP contribution in [0.25, 0.3) is 21.3 Å². The summed E-state index contributed by atoms with van der Waals surface area (Å²) in [7, 11) is 0. The number of benzene rings is 2. The number of rotatable bonds is 7. The van der Waals surface area contributed by atoms with Crippen molar-refractivity contribution in [3.63, 3.8) is 0 Å². The standard InChI is InChI=1S/C36H37N7O2S/c1-21-27(19-37-43(21)20-36-16-22-13-23(17-36)15-24(14-22)18-36)25-8-9-29-26(33(25)34(44)45)5-4-12-42(29)32-11-10-31(40-41-32)39-35-38-28-6-2-3-7-30(28)46-35/h2-3,6-11,19,22-24H,4-5,12-18,20H2,1H3,(H,44,45)(H,38,39,40). The maximum atomic E-state index is 12.9. The molecule has 2 aromatic carbocycles. The molecule has 0 atom stereocenters. The Hall–Kier alpha value is -4.31. The van der Waals surface area contributed by atoms with Crippen LogP contribution in [0.2, 0.25) is 0 Å². The van der Waals surface area contributed by atoms with Crippen molar-refractivity contribution in [3.8, 4) is 11.1 Å². The molecule has 9 nitrogen and oxygen atoms in total. The summed E-state index contributed by atoms with van der Waals surface area (Å²) in [5.41, 5.74) is 6.15. The summed E-state index contributed by atoms with van der Waals surface area (Å²) in [6, 6.07) is 15.9. The van der Waals surface area contributed by atoms with Crippen LogP contribution in [-0.2, 0) is 13.0 Å². The zero-order valence-electron chi connectivity index (χ0n) is 25.9. The molecule has 10 heteroatoms. The summed E-state index contributed by atoms with van der Waals surface area (Å²) in [6.07, 6.45) is 11.7. The molecule has 10 rings (SSSR count). The quantitative estimate of drug-likeness (QED) is 0.186. The number of carbonyl (C=O) groups is 1. The van der Waals surface area contributed by atoms with E-state index in [2.05, 4.69) is 43.1 Å². The molecule has 0 unspecified atom stereocenters. The molecule has 1 aliphatic heterocycles. The van der Waals surface area contributed by atoms with Crippen molar-refractivity contribution in [3.05, 3.63) is 71.5 Å². The Morgan fingerprint density at radius 2 is 1.78 bits per heavy atom. The highest BCUT2D eigenvalue weighted by atomic mass is 32.1. The minimum absolute atomic E-state index is 0.356. The lowest BCUT2D eigenvalue weighted by molar-refractivity contribution is -0.0638. The zero-order chi connectivity index (χ0) is 31.0. The molecule has 4 bridgehead atoms. The van der Waals surface area contributed by atoms with Crippen molar-refractivity contribution in [2.75, 3.05) is 16.8 Å². The minimum Gasteiger partial charge on any atom is -0.478 e. The van der Waals surface area contributed by atoms with Crippen molar-refractivity contribution in [2.24, 2.45) is 23.2 Å². The predicted octanol–water partition coefficient (Wildman–Crippen LogP) is 8.00. The van der Waals surface area contributed by atoms with Gasteiger partial charge in [-0.25, -0.2) is 9.78 Å². The molecule has 4 heterocycles. The van der Waals surface area contributed by atoms with Crippen LogP contribution < -0.4 is 10.2 Å². The molecule has 3 aromatic heterocycles. The number of nitrogens with zero attached hydrogens (tertiary/aromatic N) is 6. The van der Waals surface area contributed by atoms with Gasteiger partial charge in [-0.1, -0.05) is 29.5 Å². The molecular formula is C36H37N7O2S. The molecule has 0 saturated heterocycles. The van der Waals surface area contributed by atoms with Crippen LogP contribution in [0.4, 0.5) is 22.5 Å². The fourth-order valence-corrected chi connectivity index (χ4v) is 10.5. The van der Waals surface area contributed by atoms with Crippen molar-refractivity contribution < 1.29 is 9.90 Å². The van der Waals surface area contributed by atoms with Crippen molar-refractivity contribution >= 4 is 50.0 Å². The molecule has 4 aliphatic carbocycles. The topological polar surface area (TPSA) is 109 Å². The molecule has 234 valence electrons. The van der Waals surface area contributed by atoms with Crippen LogP contribution in [0, 0.1) is 30.1 Å². The van der Waals surface area contributed by atoms with Gasteiger partial charge in [-0.15, -0.1) is 10.2 Å². The third kappa shape index (κ3) is 4.68. The van der Waals surface area contributed by atoms with Gasteiger partial charge in [0.1, 0.15) is 0 Å². The number of carboxylic acid groups (broad SMARTS) is 1. The Bertz CT molecular complexity index is 1910. The second-order valence-corrected chi connectivity index (χ2v) is 15.2. The van der Waals surface area contributed by atoms with E-state index < -0.39 is 5.97 Å². The maximum absolute atomic E-state index is 12.9. The molecule has 4 fully saturated rings. The first kappa shape index (κ1) is 28.0. The molecule has 0 amide bonds. The smallest absolute Gasteiger partial charge is 0.336 e. The van der Waals surface area contributed by atoms with E-state index in [1.165, 1.54) is 38.5 Å². The van der Waals surface area contributed by atoms with Crippen LogP contribution in [0.5, 0.6) is 0 Å². The highest BCUT2D eigenvalue weighted by Crippen LogP contribution is 2.60. The second-order valence-electron chi connectivity index (χ2n) is 14.2. The summed E-state index contributed by atoms with van der Waals surface area (Å²) >= 11 is 1.57. The average molecular weight is 632 g/mol. The van der Waals surface area contributed by atoms with Gasteiger partial charge in [-0.05, 0) is 117 Å². The van der Waals surface area contributed by atoms with Gasteiger partial charge < -0.3 is 15.3 Å². The van der Waals surface area contributed by atoms with Crippen molar-refractivity contribution in [1.82, 2.24) is 25.0 Å². The Morgan fingerprint density at radius 1 is 1.00 bits per heavy atom. The number of carboxylic acids is 1. The van der Waals surface area contributed by atoms with Gasteiger partial charge in [-0.3, -0.25) is 4.68 Å². The number of hydrogen-bond acceptors (Lipinski definition) is 8. The lowest BCUT2D eigenvalue weighted by Crippen LogP contribution is -2.48. The van der Waals surface area contributed by atoms with Gasteiger partial charge in [0, 0.05) is 35.6 Å². The van der Waals surface area contributed by atoms with E-state index in [0.717, 1.165) is 80.7 Å². The Balaban J connectivity index is 0.997. The number of nitrogens with one attached hydrogen (secondary N) is 1. The van der Waals surface area contributed by atoms with E-state index in [1.807, 2.05) is 48.7 Å². The SMILES string of the molecule is Cc1c(-c2ccc3c(c2C(=O)O)CCCN3c2ccc(Nc3nc4ccccc4s3)nn2)cnn1CC12CC3CC(CC(C3)C1)C2. The van der Waals surface area contributed by atoms with E-state index in [0.29, 0.717) is 29.0 Å². The number of hydrogen-bond donors (Lipinski definition) is 2. The minimum atomic E-state index is -0.900. The first-order chi connectivity index (χ1) is 22.4. The van der Waals surface area contributed by atoms with E-state index >= 15 is 0 Å². The number of thiazole rings is 1. The number of fused-ring (bicyclic) bond motifs is 2. The van der Waals surface area contributed by atoms with E-state index in [4.69, 9.17) is 5.10 Å². The fourth-order valence-electron chi connectivity index (χ4n) is 9.63. The van der Waals surface area contributed by atoms with Crippen LogP contribution in [0.1, 0.15) is 66.6 Å². The molecule has 2 N–H and O–H groups in total. The average Bonchev–Trinajstić information content (AvgIpc) is 3.61. The zero-order valence-corrected chi connectivity index (χ0v) is 26.8. The number of para-hydroxylation sites is 1. The fraction of sp³-hybridized carbons (Fsp3) is 0.417. The number of anilines is 4. The second kappa shape index (κ2) is 10.6. The largest absolute Gasteiger partial charge is 0.478 e. The van der Waals surface area contributed by atoms with Gasteiger partial charge in [-0.2, -0.15) is 5.10 Å². The van der Waals surface area contributed by atoms with Crippen LogP contribution in [0.3, 0.4) is 0 Å². The first-order valence-corrected chi connectivity index (χ1v) is 17.4. The Labute approximate surface area is 271 Å². The molecule has 0 spiro atoms. The lowest BCUT2D eigenvalue weighted by atomic mass is 9.49.